The first-order valence-electron chi connectivity index (χ1n) is 6.48. The topological polar surface area (TPSA) is 30.5 Å². The van der Waals surface area contributed by atoms with Gasteiger partial charge < -0.3 is 14.8 Å². The first kappa shape index (κ1) is 15.9. The molecule has 0 aromatic carbocycles. The van der Waals surface area contributed by atoms with Crippen LogP contribution in [0, 0.1) is 5.92 Å². The molecule has 19 heavy (non-hydrogen) atoms. The maximum atomic E-state index is 6.00. The molecule has 0 radical (unpaired) electrons. The van der Waals surface area contributed by atoms with Crippen LogP contribution in [0.2, 0.25) is 0 Å². The predicted octanol–water partition coefficient (Wildman–Crippen LogP) is 3.98. The number of hydrogen-bond donors (Lipinski definition) is 1. The van der Waals surface area contributed by atoms with Crippen molar-refractivity contribution in [1.82, 2.24) is 5.32 Å². The van der Waals surface area contributed by atoms with Gasteiger partial charge in [0.15, 0.2) is 0 Å². The zero-order chi connectivity index (χ0) is 13.7. The van der Waals surface area contributed by atoms with Crippen molar-refractivity contribution in [3.63, 3.8) is 0 Å². The van der Waals surface area contributed by atoms with Crippen LogP contribution in [-0.2, 0) is 9.47 Å². The number of rotatable bonds is 6. The molecule has 2 atom stereocenters. The Hall–Kier alpha value is 0.540. The fourth-order valence-electron chi connectivity index (χ4n) is 2.33. The molecule has 0 bridgehead atoms. The summed E-state index contributed by atoms with van der Waals surface area (Å²) in [5, 5.41) is 3.45. The van der Waals surface area contributed by atoms with Crippen molar-refractivity contribution in [3.05, 3.63) is 19.2 Å². The van der Waals surface area contributed by atoms with Gasteiger partial charge in [0.05, 0.1) is 16.5 Å². The summed E-state index contributed by atoms with van der Waals surface area (Å²) in [4.78, 5) is 1.30. The van der Waals surface area contributed by atoms with Crippen LogP contribution < -0.4 is 5.32 Å². The van der Waals surface area contributed by atoms with Gasteiger partial charge in [0, 0.05) is 42.1 Å². The molecule has 108 valence electrons. The van der Waals surface area contributed by atoms with Crippen LogP contribution in [0.3, 0.4) is 0 Å². The molecule has 1 aliphatic heterocycles. The Labute approximate surface area is 135 Å². The van der Waals surface area contributed by atoms with Gasteiger partial charge in [-0.15, -0.1) is 11.3 Å². The molecule has 1 aromatic rings. The average Bonchev–Trinajstić information content (AvgIpc) is 2.75. The molecule has 3 nitrogen and oxygen atoms in total. The van der Waals surface area contributed by atoms with E-state index in [-0.39, 0.29) is 6.10 Å². The third-order valence-electron chi connectivity index (χ3n) is 3.28. The lowest BCUT2D eigenvalue weighted by Gasteiger charge is -2.31. The SMILES string of the molecule is COCCNCC1CCCOC1c1cc(Br)c(Br)s1. The zero-order valence-corrected chi connectivity index (χ0v) is 14.9. The number of nitrogens with one attached hydrogen (secondary N) is 1. The van der Waals surface area contributed by atoms with Crippen LogP contribution in [0.4, 0.5) is 0 Å². The van der Waals surface area contributed by atoms with Crippen LogP contribution in [0.25, 0.3) is 0 Å². The van der Waals surface area contributed by atoms with Crippen molar-refractivity contribution >= 4 is 43.2 Å². The van der Waals surface area contributed by atoms with Crippen LogP contribution in [-0.4, -0.2) is 33.4 Å². The normalized spacial score (nSPS) is 23.7. The summed E-state index contributed by atoms with van der Waals surface area (Å²) >= 11 is 8.87. The molecule has 1 fully saturated rings. The average molecular weight is 413 g/mol. The van der Waals surface area contributed by atoms with Gasteiger partial charge >= 0.3 is 0 Å². The summed E-state index contributed by atoms with van der Waals surface area (Å²) in [7, 11) is 1.73. The number of methoxy groups -OCH3 is 1. The molecule has 1 aliphatic rings. The first-order valence-corrected chi connectivity index (χ1v) is 8.88. The van der Waals surface area contributed by atoms with Gasteiger partial charge in [0.1, 0.15) is 0 Å². The number of halogens is 2. The minimum Gasteiger partial charge on any atom is -0.383 e. The third kappa shape index (κ3) is 4.51. The lowest BCUT2D eigenvalue weighted by atomic mass is 9.93. The number of ether oxygens (including phenoxy) is 2. The van der Waals surface area contributed by atoms with E-state index in [1.807, 2.05) is 0 Å². The highest BCUT2D eigenvalue weighted by molar-refractivity contribution is 9.13. The quantitative estimate of drug-likeness (QED) is 0.716. The molecule has 2 rings (SSSR count). The maximum Gasteiger partial charge on any atom is 0.0957 e. The predicted molar refractivity (Wildman–Crippen MR) is 85.9 cm³/mol. The molecule has 0 amide bonds. The summed E-state index contributed by atoms with van der Waals surface area (Å²) < 4.78 is 13.3. The molecule has 0 spiro atoms. The van der Waals surface area contributed by atoms with Crippen LogP contribution in [0.1, 0.15) is 23.8 Å². The van der Waals surface area contributed by atoms with E-state index < -0.39 is 0 Å². The summed E-state index contributed by atoms with van der Waals surface area (Å²) in [5.41, 5.74) is 0. The van der Waals surface area contributed by atoms with Gasteiger partial charge in [-0.3, -0.25) is 0 Å². The Bertz CT molecular complexity index is 380. The van der Waals surface area contributed by atoms with Crippen LogP contribution >= 0.6 is 43.2 Å². The second-order valence-corrected chi connectivity index (χ2v) is 7.92. The largest absolute Gasteiger partial charge is 0.383 e. The van der Waals surface area contributed by atoms with Crippen molar-refractivity contribution < 1.29 is 9.47 Å². The van der Waals surface area contributed by atoms with E-state index in [9.17, 15) is 0 Å². The van der Waals surface area contributed by atoms with Crippen molar-refractivity contribution in [2.45, 2.75) is 18.9 Å². The van der Waals surface area contributed by atoms with Gasteiger partial charge in [-0.2, -0.15) is 0 Å². The lowest BCUT2D eigenvalue weighted by Crippen LogP contribution is -2.33. The second-order valence-electron chi connectivity index (χ2n) is 4.66. The van der Waals surface area contributed by atoms with Gasteiger partial charge in [-0.05, 0) is 50.8 Å². The first-order chi connectivity index (χ1) is 9.22. The minimum absolute atomic E-state index is 0.219. The van der Waals surface area contributed by atoms with E-state index in [2.05, 4.69) is 43.2 Å². The molecule has 1 aromatic heterocycles. The van der Waals surface area contributed by atoms with Crippen LogP contribution in [0.5, 0.6) is 0 Å². The highest BCUT2D eigenvalue weighted by Crippen LogP contribution is 2.41. The molecule has 1 N–H and O–H groups in total. The van der Waals surface area contributed by atoms with E-state index >= 15 is 0 Å². The van der Waals surface area contributed by atoms with E-state index in [0.29, 0.717) is 5.92 Å². The molecule has 6 heteroatoms. The summed E-state index contributed by atoms with van der Waals surface area (Å²) in [5.74, 6) is 0.544. The number of hydrogen-bond acceptors (Lipinski definition) is 4. The summed E-state index contributed by atoms with van der Waals surface area (Å²) in [6.07, 6.45) is 2.59. The molecule has 1 saturated heterocycles. The Morgan fingerprint density at radius 2 is 2.37 bits per heavy atom. The third-order valence-corrected chi connectivity index (χ3v) is 6.60. The van der Waals surface area contributed by atoms with E-state index in [4.69, 9.17) is 9.47 Å². The van der Waals surface area contributed by atoms with E-state index in [0.717, 1.165) is 41.0 Å². The maximum absolute atomic E-state index is 6.00. The smallest absolute Gasteiger partial charge is 0.0957 e. The van der Waals surface area contributed by atoms with Gasteiger partial charge in [-0.25, -0.2) is 0 Å². The Morgan fingerprint density at radius 1 is 1.53 bits per heavy atom. The van der Waals surface area contributed by atoms with Gasteiger partial charge in [0.2, 0.25) is 0 Å². The molecular weight excluding hydrogens is 394 g/mol. The summed E-state index contributed by atoms with van der Waals surface area (Å²) in [6.45, 7) is 3.51. The van der Waals surface area contributed by atoms with Crippen LogP contribution in [0.15, 0.2) is 14.3 Å². The second kappa shape index (κ2) is 8.10. The standard InChI is InChI=1S/C13H19Br2NO2S/c1-17-6-4-16-8-9-3-2-5-18-12(9)11-7-10(14)13(15)19-11/h7,9,12,16H,2-6,8H2,1H3. The van der Waals surface area contributed by atoms with E-state index in [1.165, 1.54) is 11.3 Å². The molecule has 2 heterocycles. The Morgan fingerprint density at radius 3 is 3.05 bits per heavy atom. The van der Waals surface area contributed by atoms with Crippen molar-refractivity contribution in [2.24, 2.45) is 5.92 Å². The fraction of sp³-hybridized carbons (Fsp3) is 0.692. The lowest BCUT2D eigenvalue weighted by molar-refractivity contribution is -0.0259. The molecule has 2 unspecified atom stereocenters. The highest BCUT2D eigenvalue weighted by Gasteiger charge is 2.28. The molecule has 0 aliphatic carbocycles. The molecule has 0 saturated carbocycles. The van der Waals surface area contributed by atoms with Gasteiger partial charge in [0.25, 0.3) is 0 Å². The Balaban J connectivity index is 1.95. The van der Waals surface area contributed by atoms with E-state index in [1.54, 1.807) is 18.4 Å². The fourth-order valence-corrected chi connectivity index (χ4v) is 4.56. The monoisotopic (exact) mass is 411 g/mol. The summed E-state index contributed by atoms with van der Waals surface area (Å²) in [6, 6.07) is 2.17. The number of thiophene rings is 1. The minimum atomic E-state index is 0.219. The highest BCUT2D eigenvalue weighted by atomic mass is 79.9. The molecular formula is C13H19Br2NO2S. The van der Waals surface area contributed by atoms with Crippen molar-refractivity contribution in [3.8, 4) is 0 Å². The van der Waals surface area contributed by atoms with Gasteiger partial charge in [-0.1, -0.05) is 0 Å². The van der Waals surface area contributed by atoms with Crippen molar-refractivity contribution in [2.75, 3.05) is 33.4 Å². The van der Waals surface area contributed by atoms with Crippen molar-refractivity contribution in [1.29, 1.82) is 0 Å². The zero-order valence-electron chi connectivity index (χ0n) is 11.0. The Kier molecular flexibility index (Phi) is 6.79.